The zero-order valence-corrected chi connectivity index (χ0v) is 13.9. The van der Waals surface area contributed by atoms with E-state index in [0.29, 0.717) is 22.1 Å². The number of benzene rings is 2. The molecule has 0 fully saturated rings. The molecular formula is C18H13ClFNO4. The van der Waals surface area contributed by atoms with E-state index < -0.39 is 5.97 Å². The monoisotopic (exact) mass is 361 g/mol. The summed E-state index contributed by atoms with van der Waals surface area (Å²) in [6.07, 6.45) is 1.48. The second-order valence-electron chi connectivity index (χ2n) is 5.05. The molecule has 0 spiro atoms. The summed E-state index contributed by atoms with van der Waals surface area (Å²) in [7, 11) is 1.45. The van der Waals surface area contributed by atoms with E-state index in [4.69, 9.17) is 25.5 Å². The van der Waals surface area contributed by atoms with Crippen LogP contribution in [0.3, 0.4) is 0 Å². The van der Waals surface area contributed by atoms with Gasteiger partial charge in [-0.2, -0.15) is 0 Å². The number of carbonyl (C=O) groups excluding carboxylic acids is 1. The number of ether oxygens (including phenoxy) is 2. The van der Waals surface area contributed by atoms with Gasteiger partial charge in [0.05, 0.1) is 13.3 Å². The first-order valence-electron chi connectivity index (χ1n) is 7.28. The predicted octanol–water partition coefficient (Wildman–Crippen LogP) is 4.50. The van der Waals surface area contributed by atoms with Gasteiger partial charge in [0.1, 0.15) is 17.1 Å². The molecule has 0 aliphatic heterocycles. The van der Waals surface area contributed by atoms with Crippen LogP contribution in [0, 0.1) is 5.82 Å². The van der Waals surface area contributed by atoms with Crippen LogP contribution >= 0.6 is 11.6 Å². The van der Waals surface area contributed by atoms with Crippen LogP contribution in [0.2, 0.25) is 5.02 Å². The SMILES string of the molecule is COc1ccc(Cl)cc1C(=O)OCc1ncc(-c2ccc(F)cc2)o1. The number of carbonyl (C=O) groups is 1. The van der Waals surface area contributed by atoms with Gasteiger partial charge in [-0.05, 0) is 42.5 Å². The maximum Gasteiger partial charge on any atom is 0.342 e. The molecule has 0 saturated carbocycles. The molecule has 128 valence electrons. The Morgan fingerprint density at radius 1 is 1.24 bits per heavy atom. The number of nitrogens with zero attached hydrogens (tertiary/aromatic N) is 1. The number of esters is 1. The lowest BCUT2D eigenvalue weighted by Gasteiger charge is -2.08. The molecule has 0 N–H and O–H groups in total. The van der Waals surface area contributed by atoms with Gasteiger partial charge in [0.2, 0.25) is 5.89 Å². The van der Waals surface area contributed by atoms with Crippen molar-refractivity contribution in [3.63, 3.8) is 0 Å². The minimum Gasteiger partial charge on any atom is -0.496 e. The van der Waals surface area contributed by atoms with E-state index in [2.05, 4.69) is 4.98 Å². The summed E-state index contributed by atoms with van der Waals surface area (Å²) in [5.41, 5.74) is 0.878. The minimum absolute atomic E-state index is 0.157. The number of halogens is 2. The third-order valence-corrected chi connectivity index (χ3v) is 3.63. The van der Waals surface area contributed by atoms with Crippen molar-refractivity contribution in [3.8, 4) is 17.1 Å². The zero-order valence-electron chi connectivity index (χ0n) is 13.2. The van der Waals surface area contributed by atoms with Crippen LogP contribution in [0.15, 0.2) is 53.1 Å². The molecule has 0 amide bonds. The smallest absolute Gasteiger partial charge is 0.342 e. The summed E-state index contributed by atoms with van der Waals surface area (Å²) >= 11 is 5.90. The largest absolute Gasteiger partial charge is 0.496 e. The first-order valence-corrected chi connectivity index (χ1v) is 7.66. The van der Waals surface area contributed by atoms with Gasteiger partial charge < -0.3 is 13.9 Å². The molecule has 1 heterocycles. The Labute approximate surface area is 148 Å². The number of hydrogen-bond donors (Lipinski definition) is 0. The number of methoxy groups -OCH3 is 1. The highest BCUT2D eigenvalue weighted by Gasteiger charge is 2.16. The second-order valence-corrected chi connectivity index (χ2v) is 5.48. The molecule has 5 nitrogen and oxygen atoms in total. The van der Waals surface area contributed by atoms with E-state index in [1.54, 1.807) is 24.3 Å². The quantitative estimate of drug-likeness (QED) is 0.626. The van der Waals surface area contributed by atoms with Crippen LogP contribution in [-0.2, 0) is 11.3 Å². The van der Waals surface area contributed by atoms with E-state index >= 15 is 0 Å². The normalized spacial score (nSPS) is 10.5. The number of rotatable bonds is 5. The molecule has 0 radical (unpaired) electrons. The van der Waals surface area contributed by atoms with E-state index in [0.717, 1.165) is 0 Å². The molecule has 0 bridgehead atoms. The number of aromatic nitrogens is 1. The molecule has 25 heavy (non-hydrogen) atoms. The molecule has 0 aliphatic carbocycles. The lowest BCUT2D eigenvalue weighted by atomic mass is 10.2. The average Bonchev–Trinajstić information content (AvgIpc) is 3.09. The number of hydrogen-bond acceptors (Lipinski definition) is 5. The third-order valence-electron chi connectivity index (χ3n) is 3.39. The van der Waals surface area contributed by atoms with Crippen molar-refractivity contribution in [2.24, 2.45) is 0 Å². The van der Waals surface area contributed by atoms with Gasteiger partial charge in [0, 0.05) is 10.6 Å². The summed E-state index contributed by atoms with van der Waals surface area (Å²) in [6, 6.07) is 10.4. The van der Waals surface area contributed by atoms with Crippen molar-refractivity contribution in [2.45, 2.75) is 6.61 Å². The number of oxazole rings is 1. The van der Waals surface area contributed by atoms with E-state index in [9.17, 15) is 9.18 Å². The summed E-state index contributed by atoms with van der Waals surface area (Å²) in [5.74, 6) is 0.0719. The van der Waals surface area contributed by atoms with Crippen molar-refractivity contribution in [3.05, 3.63) is 71.0 Å². The maximum absolute atomic E-state index is 12.9. The van der Waals surface area contributed by atoms with Gasteiger partial charge in [-0.1, -0.05) is 11.6 Å². The van der Waals surface area contributed by atoms with Gasteiger partial charge in [-0.3, -0.25) is 0 Å². The summed E-state index contributed by atoms with van der Waals surface area (Å²) in [4.78, 5) is 16.2. The molecule has 0 atom stereocenters. The molecule has 0 aliphatic rings. The van der Waals surface area contributed by atoms with Crippen LogP contribution in [0.25, 0.3) is 11.3 Å². The van der Waals surface area contributed by atoms with E-state index in [1.807, 2.05) is 0 Å². The van der Waals surface area contributed by atoms with Gasteiger partial charge >= 0.3 is 5.97 Å². The van der Waals surface area contributed by atoms with Crippen LogP contribution in [0.5, 0.6) is 5.75 Å². The highest BCUT2D eigenvalue weighted by Crippen LogP contribution is 2.24. The summed E-state index contributed by atoms with van der Waals surface area (Å²) in [6.45, 7) is -0.157. The van der Waals surface area contributed by atoms with Crippen LogP contribution in [0.1, 0.15) is 16.2 Å². The molecular weight excluding hydrogens is 349 g/mol. The van der Waals surface area contributed by atoms with Crippen LogP contribution in [-0.4, -0.2) is 18.1 Å². The van der Waals surface area contributed by atoms with Gasteiger partial charge in [0.15, 0.2) is 12.4 Å². The fraction of sp³-hybridized carbons (Fsp3) is 0.111. The Balaban J connectivity index is 1.69. The molecule has 7 heteroatoms. The first-order chi connectivity index (χ1) is 12.1. The lowest BCUT2D eigenvalue weighted by molar-refractivity contribution is 0.0435. The zero-order chi connectivity index (χ0) is 17.8. The molecule has 3 aromatic rings. The van der Waals surface area contributed by atoms with Gasteiger partial charge in [0.25, 0.3) is 0 Å². The van der Waals surface area contributed by atoms with Crippen molar-refractivity contribution in [1.82, 2.24) is 4.98 Å². The second kappa shape index (κ2) is 7.36. The van der Waals surface area contributed by atoms with Crippen molar-refractivity contribution >= 4 is 17.6 Å². The van der Waals surface area contributed by atoms with Gasteiger partial charge in [-0.15, -0.1) is 0 Å². The van der Waals surface area contributed by atoms with Crippen LogP contribution in [0.4, 0.5) is 4.39 Å². The van der Waals surface area contributed by atoms with Crippen molar-refractivity contribution in [2.75, 3.05) is 7.11 Å². The van der Waals surface area contributed by atoms with Crippen molar-refractivity contribution in [1.29, 1.82) is 0 Å². The summed E-state index contributed by atoms with van der Waals surface area (Å²) < 4.78 is 28.8. The highest BCUT2D eigenvalue weighted by atomic mass is 35.5. The Hall–Kier alpha value is -2.86. The highest BCUT2D eigenvalue weighted by molar-refractivity contribution is 6.31. The standard InChI is InChI=1S/C18H13ClFNO4/c1-23-15-7-4-12(19)8-14(15)18(22)24-10-17-21-9-16(25-17)11-2-5-13(20)6-3-11/h2-9H,10H2,1H3. The Kier molecular flexibility index (Phi) is 5.00. The van der Waals surface area contributed by atoms with E-state index in [-0.39, 0.29) is 23.9 Å². The maximum atomic E-state index is 12.9. The van der Waals surface area contributed by atoms with Crippen molar-refractivity contribution < 1.29 is 23.1 Å². The average molecular weight is 362 g/mol. The topological polar surface area (TPSA) is 61.6 Å². The first kappa shape index (κ1) is 17.0. The lowest BCUT2D eigenvalue weighted by Crippen LogP contribution is -2.07. The Morgan fingerprint density at radius 3 is 2.72 bits per heavy atom. The predicted molar refractivity (Wildman–Crippen MR) is 89.0 cm³/mol. The summed E-state index contributed by atoms with van der Waals surface area (Å²) in [5, 5.41) is 0.391. The molecule has 0 saturated heterocycles. The fourth-order valence-electron chi connectivity index (χ4n) is 2.17. The molecule has 2 aromatic carbocycles. The fourth-order valence-corrected chi connectivity index (χ4v) is 2.34. The Bertz CT molecular complexity index is 892. The Morgan fingerprint density at radius 2 is 2.00 bits per heavy atom. The minimum atomic E-state index is -0.610. The van der Waals surface area contributed by atoms with E-state index in [1.165, 1.54) is 31.5 Å². The molecule has 1 aromatic heterocycles. The third kappa shape index (κ3) is 3.97. The molecule has 3 rings (SSSR count). The van der Waals surface area contributed by atoms with Gasteiger partial charge in [-0.25, -0.2) is 14.2 Å². The van der Waals surface area contributed by atoms with Crippen LogP contribution < -0.4 is 4.74 Å². The molecule has 0 unspecified atom stereocenters.